The van der Waals surface area contributed by atoms with Crippen LogP contribution in [0.5, 0.6) is 0 Å². The number of hydrogen-bond acceptors (Lipinski definition) is 4. The third-order valence-corrected chi connectivity index (χ3v) is 7.65. The maximum Gasteiger partial charge on any atom is 0.248 e. The molecule has 8 heteroatoms. The molecular weight excluding hydrogens is 397 g/mol. The zero-order valence-electron chi connectivity index (χ0n) is 15.7. The molecule has 1 aliphatic rings. The van der Waals surface area contributed by atoms with Gasteiger partial charge in [-0.05, 0) is 36.5 Å². The number of hydrogen-bond donors (Lipinski definition) is 1. The van der Waals surface area contributed by atoms with Crippen molar-refractivity contribution in [2.45, 2.75) is 43.4 Å². The van der Waals surface area contributed by atoms with Gasteiger partial charge in [-0.15, -0.1) is 11.3 Å². The summed E-state index contributed by atoms with van der Waals surface area (Å²) in [6, 6.07) is 6.69. The predicted molar refractivity (Wildman–Crippen MR) is 108 cm³/mol. The molecule has 148 valence electrons. The quantitative estimate of drug-likeness (QED) is 0.675. The molecule has 1 atom stereocenters. The molecule has 0 spiro atoms. The highest BCUT2D eigenvalue weighted by Crippen LogP contribution is 2.38. The van der Waals surface area contributed by atoms with Crippen LogP contribution in [-0.2, 0) is 22.9 Å². The first-order valence-electron chi connectivity index (χ1n) is 9.21. The van der Waals surface area contributed by atoms with Crippen molar-refractivity contribution in [1.82, 2.24) is 9.55 Å². The number of thiophene rings is 1. The first kappa shape index (κ1) is 19.3. The number of nitrogens with zero attached hydrogens (tertiary/aromatic N) is 2. The van der Waals surface area contributed by atoms with E-state index in [9.17, 15) is 8.42 Å². The summed E-state index contributed by atoms with van der Waals surface area (Å²) in [5.74, 6) is 0.993. The van der Waals surface area contributed by atoms with Gasteiger partial charge < -0.3 is 4.57 Å². The van der Waals surface area contributed by atoms with Crippen molar-refractivity contribution < 1.29 is 12.8 Å². The maximum absolute atomic E-state index is 15.0. The van der Waals surface area contributed by atoms with Crippen molar-refractivity contribution in [2.75, 3.05) is 0 Å². The third kappa shape index (κ3) is 3.52. The first-order chi connectivity index (χ1) is 13.2. The molecule has 0 aliphatic carbocycles. The molecule has 3 aromatic rings. The number of fused-ring (bicyclic) bond motifs is 1. The molecule has 1 aromatic carbocycles. The Hall–Kier alpha value is -2.03. The normalized spacial score (nSPS) is 16.7. The predicted octanol–water partition coefficient (Wildman–Crippen LogP) is 4.13. The second kappa shape index (κ2) is 7.09. The highest BCUT2D eigenvalue weighted by molar-refractivity contribution is 7.91. The number of benzene rings is 1. The lowest BCUT2D eigenvalue weighted by Crippen LogP contribution is -2.11. The van der Waals surface area contributed by atoms with Crippen molar-refractivity contribution in [2.24, 2.45) is 11.1 Å². The van der Waals surface area contributed by atoms with Crippen LogP contribution in [0.15, 0.2) is 40.9 Å². The summed E-state index contributed by atoms with van der Waals surface area (Å²) in [5.41, 5.74) is 1.60. The van der Waals surface area contributed by atoms with E-state index in [0.717, 1.165) is 30.0 Å². The van der Waals surface area contributed by atoms with Crippen molar-refractivity contribution in [3.05, 3.63) is 58.7 Å². The fourth-order valence-electron chi connectivity index (χ4n) is 3.84. The number of halogens is 1. The van der Waals surface area contributed by atoms with Gasteiger partial charge in [0.05, 0.1) is 6.04 Å². The topological polar surface area (TPSA) is 78.0 Å². The summed E-state index contributed by atoms with van der Waals surface area (Å²) in [5, 5.41) is 5.43. The van der Waals surface area contributed by atoms with Crippen molar-refractivity contribution in [3.8, 4) is 11.1 Å². The zero-order chi connectivity index (χ0) is 20.1. The highest BCUT2D eigenvalue weighted by Gasteiger charge is 2.27. The summed E-state index contributed by atoms with van der Waals surface area (Å²) < 4.78 is 41.3. The van der Waals surface area contributed by atoms with Crippen LogP contribution < -0.4 is 5.14 Å². The number of aromatic nitrogens is 2. The van der Waals surface area contributed by atoms with Gasteiger partial charge >= 0.3 is 0 Å². The van der Waals surface area contributed by atoms with Crippen LogP contribution in [0.2, 0.25) is 0 Å². The number of nitrogens with two attached hydrogens (primary N) is 1. The van der Waals surface area contributed by atoms with Gasteiger partial charge in [0.15, 0.2) is 0 Å². The number of aryl methyl sites for hydroxylation is 1. The Kier molecular flexibility index (Phi) is 4.89. The molecular formula is C20H22FN3O2S2. The van der Waals surface area contributed by atoms with E-state index in [2.05, 4.69) is 18.8 Å². The van der Waals surface area contributed by atoms with Crippen LogP contribution in [0.1, 0.15) is 42.6 Å². The molecule has 2 aromatic heterocycles. The molecule has 0 saturated heterocycles. The van der Waals surface area contributed by atoms with Gasteiger partial charge in [0, 0.05) is 34.8 Å². The number of sulfonamides is 1. The molecule has 3 heterocycles. The smallest absolute Gasteiger partial charge is 0.248 e. The molecule has 4 rings (SSSR count). The van der Waals surface area contributed by atoms with E-state index in [4.69, 9.17) is 5.14 Å². The standard InChI is InChI=1S/C20H22FN3O2S2/c1-12(2)9-14-11-16(20(27-14)28(22,25)26)13-3-4-15(17(21)10-13)18-5-6-19-23-7-8-24(18)19/h3-4,7-8,10-12,18H,5-6,9H2,1-2H3,(H2,22,25,26)/t18-/m0/s1. The molecule has 5 nitrogen and oxygen atoms in total. The van der Waals surface area contributed by atoms with Gasteiger partial charge in [0.1, 0.15) is 15.9 Å². The minimum absolute atomic E-state index is 0.0803. The van der Waals surface area contributed by atoms with E-state index >= 15 is 4.39 Å². The first-order valence-corrected chi connectivity index (χ1v) is 11.6. The van der Waals surface area contributed by atoms with Crippen LogP contribution >= 0.6 is 11.3 Å². The average molecular weight is 420 g/mol. The lowest BCUT2D eigenvalue weighted by Gasteiger charge is -2.15. The summed E-state index contributed by atoms with van der Waals surface area (Å²) in [7, 11) is -3.88. The van der Waals surface area contributed by atoms with Crippen LogP contribution in [0.25, 0.3) is 11.1 Å². The molecule has 1 aliphatic heterocycles. The second-order valence-electron chi connectivity index (χ2n) is 7.60. The average Bonchev–Trinajstić information content (AvgIpc) is 3.28. The Morgan fingerprint density at radius 1 is 1.36 bits per heavy atom. The molecule has 0 radical (unpaired) electrons. The Balaban J connectivity index is 1.75. The van der Waals surface area contributed by atoms with Gasteiger partial charge in [0.25, 0.3) is 0 Å². The Morgan fingerprint density at radius 2 is 2.14 bits per heavy atom. The minimum Gasteiger partial charge on any atom is -0.327 e. The zero-order valence-corrected chi connectivity index (χ0v) is 17.4. The summed E-state index contributed by atoms with van der Waals surface area (Å²) in [6.45, 7) is 4.13. The monoisotopic (exact) mass is 419 g/mol. The summed E-state index contributed by atoms with van der Waals surface area (Å²) in [6.07, 6.45) is 5.97. The van der Waals surface area contributed by atoms with Crippen LogP contribution in [0.3, 0.4) is 0 Å². The Labute approximate surface area is 168 Å². The molecule has 0 saturated carbocycles. The number of primary sulfonamides is 1. The fraction of sp³-hybridized carbons (Fsp3) is 0.350. The van der Waals surface area contributed by atoms with Crippen molar-refractivity contribution >= 4 is 21.4 Å². The van der Waals surface area contributed by atoms with Gasteiger partial charge in [-0.25, -0.2) is 22.9 Å². The highest BCUT2D eigenvalue weighted by atomic mass is 32.2. The SMILES string of the molecule is CC(C)Cc1cc(-c2ccc([C@@H]3CCc4nccn43)c(F)c2)c(S(N)(=O)=O)s1. The molecule has 2 N–H and O–H groups in total. The molecule has 0 unspecified atom stereocenters. The number of imidazole rings is 1. The molecule has 0 amide bonds. The fourth-order valence-corrected chi connectivity index (χ4v) is 6.22. The second-order valence-corrected chi connectivity index (χ2v) is 10.5. The van der Waals surface area contributed by atoms with Crippen molar-refractivity contribution in [1.29, 1.82) is 0 Å². The lowest BCUT2D eigenvalue weighted by atomic mass is 9.99. The molecule has 0 fully saturated rings. The van der Waals surface area contributed by atoms with E-state index in [1.54, 1.807) is 18.3 Å². The van der Waals surface area contributed by atoms with E-state index in [1.807, 2.05) is 16.8 Å². The largest absolute Gasteiger partial charge is 0.327 e. The van der Waals surface area contributed by atoms with E-state index < -0.39 is 10.0 Å². The van der Waals surface area contributed by atoms with Crippen LogP contribution in [0.4, 0.5) is 4.39 Å². The van der Waals surface area contributed by atoms with E-state index in [-0.39, 0.29) is 16.1 Å². The van der Waals surface area contributed by atoms with Gasteiger partial charge in [-0.3, -0.25) is 0 Å². The maximum atomic E-state index is 15.0. The van der Waals surface area contributed by atoms with E-state index in [0.29, 0.717) is 22.6 Å². The summed E-state index contributed by atoms with van der Waals surface area (Å²) >= 11 is 1.17. The van der Waals surface area contributed by atoms with Gasteiger partial charge in [-0.2, -0.15) is 0 Å². The third-order valence-electron chi connectivity index (χ3n) is 5.01. The molecule has 28 heavy (non-hydrogen) atoms. The molecule has 0 bridgehead atoms. The lowest BCUT2D eigenvalue weighted by molar-refractivity contribution is 0.548. The van der Waals surface area contributed by atoms with Crippen LogP contribution in [-0.4, -0.2) is 18.0 Å². The Bertz CT molecular complexity index is 1130. The van der Waals surface area contributed by atoms with E-state index in [1.165, 1.54) is 17.4 Å². The number of rotatable bonds is 5. The minimum atomic E-state index is -3.88. The van der Waals surface area contributed by atoms with Crippen LogP contribution in [0, 0.1) is 11.7 Å². The summed E-state index contributed by atoms with van der Waals surface area (Å²) in [4.78, 5) is 5.22. The van der Waals surface area contributed by atoms with Crippen molar-refractivity contribution in [3.63, 3.8) is 0 Å². The van der Waals surface area contributed by atoms with Gasteiger partial charge in [0.2, 0.25) is 10.0 Å². The Morgan fingerprint density at radius 3 is 2.82 bits per heavy atom. The van der Waals surface area contributed by atoms with Gasteiger partial charge in [-0.1, -0.05) is 26.0 Å².